The van der Waals surface area contributed by atoms with E-state index in [-0.39, 0.29) is 17.5 Å². The van der Waals surface area contributed by atoms with Gasteiger partial charge in [0, 0.05) is 6.04 Å². The molecule has 0 spiro atoms. The quantitative estimate of drug-likeness (QED) is 0.450. The highest BCUT2D eigenvalue weighted by atomic mass is 16.3. The highest BCUT2D eigenvalue weighted by molar-refractivity contribution is 5.95. The molecule has 8 nitrogen and oxygen atoms in total. The normalized spacial score (nSPS) is 11.6. The molecule has 2 aromatic rings. The van der Waals surface area contributed by atoms with E-state index in [1.165, 1.54) is 10.9 Å². The maximum atomic E-state index is 12.1. The van der Waals surface area contributed by atoms with Gasteiger partial charge >= 0.3 is 6.03 Å². The third-order valence-electron chi connectivity index (χ3n) is 3.84. The van der Waals surface area contributed by atoms with Crippen molar-refractivity contribution in [2.24, 2.45) is 0 Å². The van der Waals surface area contributed by atoms with E-state index in [1.807, 2.05) is 25.1 Å². The van der Waals surface area contributed by atoms with Crippen LogP contribution in [0.15, 0.2) is 36.5 Å². The zero-order valence-electron chi connectivity index (χ0n) is 15.0. The molecule has 1 heterocycles. The molecule has 0 fully saturated rings. The molecule has 26 heavy (non-hydrogen) atoms. The Morgan fingerprint density at radius 1 is 1.19 bits per heavy atom. The molecule has 0 radical (unpaired) electrons. The number of amides is 3. The summed E-state index contributed by atoms with van der Waals surface area (Å²) in [6.07, 6.45) is 5.48. The van der Waals surface area contributed by atoms with Gasteiger partial charge in [-0.2, -0.15) is 5.10 Å². The molecule has 1 aromatic heterocycles. The molecule has 1 unspecified atom stereocenters. The summed E-state index contributed by atoms with van der Waals surface area (Å²) in [5, 5.41) is 16.7. The minimum Gasteiger partial charge on any atom is -0.504 e. The lowest BCUT2D eigenvalue weighted by Crippen LogP contribution is -2.49. The third kappa shape index (κ3) is 5.51. The van der Waals surface area contributed by atoms with Crippen LogP contribution in [0.2, 0.25) is 0 Å². The lowest BCUT2D eigenvalue weighted by molar-refractivity contribution is 0.0927. The summed E-state index contributed by atoms with van der Waals surface area (Å²) in [6, 6.07) is 8.57. The van der Waals surface area contributed by atoms with Crippen molar-refractivity contribution >= 4 is 11.9 Å². The summed E-state index contributed by atoms with van der Waals surface area (Å²) >= 11 is 0. The van der Waals surface area contributed by atoms with Crippen LogP contribution in [0.1, 0.15) is 50.0 Å². The molecule has 0 saturated carbocycles. The first-order valence-corrected chi connectivity index (χ1v) is 8.72. The van der Waals surface area contributed by atoms with E-state index in [1.54, 1.807) is 12.1 Å². The first-order chi connectivity index (χ1) is 12.5. The van der Waals surface area contributed by atoms with Gasteiger partial charge in [-0.15, -0.1) is 0 Å². The topological polar surface area (TPSA) is 108 Å². The van der Waals surface area contributed by atoms with Gasteiger partial charge < -0.3 is 10.4 Å². The standard InChI is InChI=1S/C18H25N5O3/c1-3-4-6-9-13(2)19-18(26)21-20-17(25)16-15(24)12-23(22-16)14-10-7-5-8-11-14/h5,7-8,10-13,24H,3-4,6,9H2,1-2H3,(H,20,25)(H2,19,21,26). The molecular formula is C18H25N5O3. The number of carbonyl (C=O) groups is 2. The fourth-order valence-corrected chi connectivity index (χ4v) is 2.44. The fourth-order valence-electron chi connectivity index (χ4n) is 2.44. The minimum atomic E-state index is -0.703. The number of hydrogen-bond acceptors (Lipinski definition) is 4. The van der Waals surface area contributed by atoms with E-state index in [4.69, 9.17) is 0 Å². The molecule has 3 amide bonds. The van der Waals surface area contributed by atoms with E-state index >= 15 is 0 Å². The maximum Gasteiger partial charge on any atom is 0.333 e. The Morgan fingerprint density at radius 2 is 1.92 bits per heavy atom. The van der Waals surface area contributed by atoms with Gasteiger partial charge in [0.15, 0.2) is 11.4 Å². The van der Waals surface area contributed by atoms with Crippen LogP contribution in [-0.2, 0) is 0 Å². The molecule has 0 saturated heterocycles. The van der Waals surface area contributed by atoms with Crippen LogP contribution in [0.5, 0.6) is 5.75 Å². The molecule has 0 aliphatic rings. The molecular weight excluding hydrogens is 334 g/mol. The average molecular weight is 359 g/mol. The van der Waals surface area contributed by atoms with Crippen molar-refractivity contribution in [3.63, 3.8) is 0 Å². The molecule has 1 atom stereocenters. The number of aromatic nitrogens is 2. The predicted molar refractivity (Wildman–Crippen MR) is 98.0 cm³/mol. The van der Waals surface area contributed by atoms with E-state index in [0.29, 0.717) is 5.69 Å². The Labute approximate surface area is 152 Å². The van der Waals surface area contributed by atoms with Crippen LogP contribution in [0.25, 0.3) is 5.69 Å². The SMILES string of the molecule is CCCCCC(C)NC(=O)NNC(=O)c1nn(-c2ccccc2)cc1O. The first-order valence-electron chi connectivity index (χ1n) is 8.72. The van der Waals surface area contributed by atoms with E-state index < -0.39 is 11.9 Å². The van der Waals surface area contributed by atoms with Crippen LogP contribution >= 0.6 is 0 Å². The van der Waals surface area contributed by atoms with Crippen molar-refractivity contribution in [1.29, 1.82) is 0 Å². The Kier molecular flexibility index (Phi) is 7.02. The number of benzene rings is 1. The molecule has 4 N–H and O–H groups in total. The second kappa shape index (κ2) is 9.45. The summed E-state index contributed by atoms with van der Waals surface area (Å²) in [4.78, 5) is 23.9. The molecule has 0 aliphatic carbocycles. The van der Waals surface area contributed by atoms with Crippen LogP contribution in [0.4, 0.5) is 4.79 Å². The number of urea groups is 1. The number of para-hydroxylation sites is 1. The van der Waals surface area contributed by atoms with Gasteiger partial charge in [0.25, 0.3) is 5.91 Å². The number of hydrogen-bond donors (Lipinski definition) is 4. The summed E-state index contributed by atoms with van der Waals surface area (Å²) in [5.74, 6) is -0.979. The summed E-state index contributed by atoms with van der Waals surface area (Å²) in [5.41, 5.74) is 5.04. The van der Waals surface area contributed by atoms with Gasteiger partial charge in [0.1, 0.15) is 0 Å². The third-order valence-corrected chi connectivity index (χ3v) is 3.84. The summed E-state index contributed by atoms with van der Waals surface area (Å²) in [6.45, 7) is 4.03. The zero-order chi connectivity index (χ0) is 18.9. The van der Waals surface area contributed by atoms with Crippen molar-refractivity contribution in [1.82, 2.24) is 25.9 Å². The summed E-state index contributed by atoms with van der Waals surface area (Å²) in [7, 11) is 0. The highest BCUT2D eigenvalue weighted by Crippen LogP contribution is 2.17. The van der Waals surface area contributed by atoms with Crippen LogP contribution < -0.4 is 16.2 Å². The highest BCUT2D eigenvalue weighted by Gasteiger charge is 2.18. The zero-order valence-corrected chi connectivity index (χ0v) is 15.0. The second-order valence-electron chi connectivity index (χ2n) is 6.09. The van der Waals surface area contributed by atoms with Crippen molar-refractivity contribution in [3.8, 4) is 11.4 Å². The molecule has 1 aromatic carbocycles. The van der Waals surface area contributed by atoms with Gasteiger partial charge in [0.05, 0.1) is 11.9 Å². The smallest absolute Gasteiger partial charge is 0.333 e. The Hall–Kier alpha value is -3.03. The maximum absolute atomic E-state index is 12.1. The van der Waals surface area contributed by atoms with Crippen LogP contribution in [-0.4, -0.2) is 32.9 Å². The summed E-state index contributed by atoms with van der Waals surface area (Å²) < 4.78 is 1.39. The average Bonchev–Trinajstić information content (AvgIpc) is 3.02. The number of aromatic hydroxyl groups is 1. The number of nitrogens with one attached hydrogen (secondary N) is 3. The molecule has 2 rings (SSSR count). The Bertz CT molecular complexity index is 730. The van der Waals surface area contributed by atoms with E-state index in [9.17, 15) is 14.7 Å². The largest absolute Gasteiger partial charge is 0.504 e. The van der Waals surface area contributed by atoms with Crippen molar-refractivity contribution < 1.29 is 14.7 Å². The lowest BCUT2D eigenvalue weighted by Gasteiger charge is -2.14. The van der Waals surface area contributed by atoms with Gasteiger partial charge in [-0.1, -0.05) is 44.4 Å². The van der Waals surface area contributed by atoms with Crippen LogP contribution in [0.3, 0.4) is 0 Å². The Balaban J connectivity index is 1.86. The van der Waals surface area contributed by atoms with Gasteiger partial charge in [-0.25, -0.2) is 14.9 Å². The molecule has 8 heteroatoms. The number of unbranched alkanes of at least 4 members (excludes halogenated alkanes) is 2. The predicted octanol–water partition coefficient (Wildman–Crippen LogP) is 2.49. The molecule has 0 bridgehead atoms. The first kappa shape index (κ1) is 19.3. The van der Waals surface area contributed by atoms with Crippen molar-refractivity contribution in [3.05, 3.63) is 42.2 Å². The number of hydrazine groups is 1. The number of carbonyl (C=O) groups excluding carboxylic acids is 2. The van der Waals surface area contributed by atoms with Crippen molar-refractivity contribution in [2.45, 2.75) is 45.6 Å². The van der Waals surface area contributed by atoms with Gasteiger partial charge in [-0.05, 0) is 25.5 Å². The minimum absolute atomic E-state index is 0.00384. The van der Waals surface area contributed by atoms with Crippen LogP contribution in [0, 0.1) is 0 Å². The second-order valence-corrected chi connectivity index (χ2v) is 6.09. The van der Waals surface area contributed by atoms with E-state index in [2.05, 4.69) is 28.2 Å². The number of rotatable bonds is 7. The Morgan fingerprint density at radius 3 is 2.62 bits per heavy atom. The van der Waals surface area contributed by atoms with E-state index in [0.717, 1.165) is 25.7 Å². The molecule has 0 aliphatic heterocycles. The van der Waals surface area contributed by atoms with Gasteiger partial charge in [0.2, 0.25) is 0 Å². The number of nitrogens with zero attached hydrogens (tertiary/aromatic N) is 2. The fraction of sp³-hybridized carbons (Fsp3) is 0.389. The monoisotopic (exact) mass is 359 g/mol. The van der Waals surface area contributed by atoms with Gasteiger partial charge in [-0.3, -0.25) is 10.2 Å². The lowest BCUT2D eigenvalue weighted by atomic mass is 10.1. The van der Waals surface area contributed by atoms with Crippen molar-refractivity contribution in [2.75, 3.05) is 0 Å². The molecule has 140 valence electrons.